The van der Waals surface area contributed by atoms with Gasteiger partial charge < -0.3 is 10.1 Å². The fourth-order valence-corrected chi connectivity index (χ4v) is 2.12. The molecule has 0 radical (unpaired) electrons. The highest BCUT2D eigenvalue weighted by Gasteiger charge is 2.35. The highest BCUT2D eigenvalue weighted by atomic mass is 16.5. The molecule has 0 amide bonds. The second kappa shape index (κ2) is 5.50. The van der Waals surface area contributed by atoms with Crippen molar-refractivity contribution >= 4 is 0 Å². The number of hydrogen-bond donors (Lipinski definition) is 1. The number of nitrogens with one attached hydrogen (secondary N) is 1. The Balaban J connectivity index is 2.45. The highest BCUT2D eigenvalue weighted by Crippen LogP contribution is 2.34. The summed E-state index contributed by atoms with van der Waals surface area (Å²) in [7, 11) is 0. The number of hydrogen-bond acceptors (Lipinski definition) is 2. The first kappa shape index (κ1) is 14.0. The van der Waals surface area contributed by atoms with Crippen LogP contribution in [0, 0.1) is 11.3 Å². The molecule has 2 nitrogen and oxygen atoms in total. The van der Waals surface area contributed by atoms with E-state index >= 15 is 0 Å². The topological polar surface area (TPSA) is 21.3 Å². The van der Waals surface area contributed by atoms with Gasteiger partial charge in [-0.2, -0.15) is 0 Å². The van der Waals surface area contributed by atoms with Crippen LogP contribution in [0.5, 0.6) is 0 Å². The molecule has 2 heteroatoms. The average Bonchev–Trinajstić information content (AvgIpc) is 2.60. The molecule has 1 aliphatic rings. The Kier molecular flexibility index (Phi) is 4.81. The lowest BCUT2D eigenvalue weighted by Crippen LogP contribution is -2.44. The zero-order valence-electron chi connectivity index (χ0n) is 11.7. The molecule has 0 spiro atoms. The van der Waals surface area contributed by atoms with Gasteiger partial charge in [0.05, 0.1) is 6.61 Å². The summed E-state index contributed by atoms with van der Waals surface area (Å²) in [4.78, 5) is 0. The van der Waals surface area contributed by atoms with Crippen molar-refractivity contribution in [3.8, 4) is 0 Å². The molecule has 0 aromatic rings. The first-order valence-electron chi connectivity index (χ1n) is 6.66. The van der Waals surface area contributed by atoms with Crippen molar-refractivity contribution in [2.75, 3.05) is 19.8 Å². The predicted octanol–water partition coefficient (Wildman–Crippen LogP) is 3.22. The highest BCUT2D eigenvalue weighted by molar-refractivity contribution is 4.88. The Morgan fingerprint density at radius 1 is 1.31 bits per heavy atom. The molecule has 96 valence electrons. The SMILES string of the molecule is CC(C)CCC1(CNC(C)(C)C)CCOC1. The molecule has 1 fully saturated rings. The second-order valence-electron chi connectivity index (χ2n) is 6.84. The van der Waals surface area contributed by atoms with E-state index < -0.39 is 0 Å². The van der Waals surface area contributed by atoms with Crippen LogP contribution in [0.1, 0.15) is 53.9 Å². The minimum Gasteiger partial charge on any atom is -0.381 e. The fourth-order valence-electron chi connectivity index (χ4n) is 2.12. The van der Waals surface area contributed by atoms with E-state index in [1.807, 2.05) is 0 Å². The van der Waals surface area contributed by atoms with Crippen molar-refractivity contribution in [3.63, 3.8) is 0 Å². The van der Waals surface area contributed by atoms with Crippen LogP contribution in [-0.2, 0) is 4.74 Å². The van der Waals surface area contributed by atoms with E-state index in [0.717, 1.165) is 25.7 Å². The molecule has 1 heterocycles. The molecule has 1 aliphatic heterocycles. The van der Waals surface area contributed by atoms with Crippen molar-refractivity contribution < 1.29 is 4.74 Å². The fraction of sp³-hybridized carbons (Fsp3) is 1.00. The Morgan fingerprint density at radius 2 is 2.00 bits per heavy atom. The van der Waals surface area contributed by atoms with E-state index in [4.69, 9.17) is 4.74 Å². The van der Waals surface area contributed by atoms with Crippen LogP contribution in [0.3, 0.4) is 0 Å². The molecule has 1 saturated heterocycles. The maximum atomic E-state index is 5.62. The van der Waals surface area contributed by atoms with Gasteiger partial charge in [-0.1, -0.05) is 20.3 Å². The predicted molar refractivity (Wildman–Crippen MR) is 69.7 cm³/mol. The summed E-state index contributed by atoms with van der Waals surface area (Å²) in [6, 6.07) is 0. The Labute approximate surface area is 101 Å². The maximum Gasteiger partial charge on any atom is 0.0535 e. The Morgan fingerprint density at radius 3 is 2.44 bits per heavy atom. The molecule has 1 rings (SSSR count). The first-order chi connectivity index (χ1) is 7.33. The van der Waals surface area contributed by atoms with E-state index in [2.05, 4.69) is 39.9 Å². The van der Waals surface area contributed by atoms with Crippen molar-refractivity contribution in [1.82, 2.24) is 5.32 Å². The summed E-state index contributed by atoms with van der Waals surface area (Å²) < 4.78 is 5.62. The molecule has 0 aliphatic carbocycles. The maximum absolute atomic E-state index is 5.62. The van der Waals surface area contributed by atoms with Gasteiger partial charge >= 0.3 is 0 Å². The lowest BCUT2D eigenvalue weighted by Gasteiger charge is -2.32. The first-order valence-corrected chi connectivity index (χ1v) is 6.66. The monoisotopic (exact) mass is 227 g/mol. The summed E-state index contributed by atoms with van der Waals surface area (Å²) in [6.45, 7) is 14.3. The smallest absolute Gasteiger partial charge is 0.0535 e. The van der Waals surface area contributed by atoms with Crippen LogP contribution in [0.2, 0.25) is 0 Å². The van der Waals surface area contributed by atoms with Gasteiger partial charge in [-0.05, 0) is 39.5 Å². The van der Waals surface area contributed by atoms with Crippen LogP contribution >= 0.6 is 0 Å². The van der Waals surface area contributed by atoms with Gasteiger partial charge in [0.15, 0.2) is 0 Å². The van der Waals surface area contributed by atoms with Crippen LogP contribution in [-0.4, -0.2) is 25.3 Å². The summed E-state index contributed by atoms with van der Waals surface area (Å²) in [6.07, 6.45) is 3.84. The van der Waals surface area contributed by atoms with Crippen molar-refractivity contribution in [2.24, 2.45) is 11.3 Å². The molecular formula is C14H29NO. The molecular weight excluding hydrogens is 198 g/mol. The normalized spacial score (nSPS) is 26.6. The molecule has 16 heavy (non-hydrogen) atoms. The van der Waals surface area contributed by atoms with Crippen LogP contribution in [0.4, 0.5) is 0 Å². The van der Waals surface area contributed by atoms with E-state index in [-0.39, 0.29) is 5.54 Å². The lowest BCUT2D eigenvalue weighted by atomic mass is 9.80. The van der Waals surface area contributed by atoms with E-state index in [0.29, 0.717) is 5.41 Å². The molecule has 0 bridgehead atoms. The Hall–Kier alpha value is -0.0800. The van der Waals surface area contributed by atoms with Gasteiger partial charge in [0.2, 0.25) is 0 Å². The summed E-state index contributed by atoms with van der Waals surface area (Å²) >= 11 is 0. The standard InChI is InChI=1S/C14H29NO/c1-12(2)6-7-14(8-9-16-11-14)10-15-13(3,4)5/h12,15H,6-11H2,1-5H3. The van der Waals surface area contributed by atoms with Crippen molar-refractivity contribution in [1.29, 1.82) is 0 Å². The van der Waals surface area contributed by atoms with Crippen LogP contribution in [0.15, 0.2) is 0 Å². The van der Waals surface area contributed by atoms with Crippen LogP contribution < -0.4 is 5.32 Å². The van der Waals surface area contributed by atoms with E-state index in [1.54, 1.807) is 0 Å². The van der Waals surface area contributed by atoms with Gasteiger partial charge in [-0.3, -0.25) is 0 Å². The third-order valence-electron chi connectivity index (χ3n) is 3.43. The van der Waals surface area contributed by atoms with E-state index in [1.165, 1.54) is 19.3 Å². The van der Waals surface area contributed by atoms with Gasteiger partial charge in [0.1, 0.15) is 0 Å². The van der Waals surface area contributed by atoms with Crippen LogP contribution in [0.25, 0.3) is 0 Å². The van der Waals surface area contributed by atoms with Crippen molar-refractivity contribution in [3.05, 3.63) is 0 Å². The molecule has 0 aromatic carbocycles. The molecule has 1 unspecified atom stereocenters. The lowest BCUT2D eigenvalue weighted by molar-refractivity contribution is 0.134. The number of rotatable bonds is 5. The summed E-state index contributed by atoms with van der Waals surface area (Å²) in [5.41, 5.74) is 0.616. The average molecular weight is 227 g/mol. The minimum absolute atomic E-state index is 0.216. The second-order valence-corrected chi connectivity index (χ2v) is 6.84. The summed E-state index contributed by atoms with van der Waals surface area (Å²) in [5.74, 6) is 0.798. The zero-order chi connectivity index (χ0) is 12.2. The summed E-state index contributed by atoms with van der Waals surface area (Å²) in [5, 5.41) is 3.65. The number of ether oxygens (including phenoxy) is 1. The molecule has 1 atom stereocenters. The van der Waals surface area contributed by atoms with Gasteiger partial charge in [-0.25, -0.2) is 0 Å². The van der Waals surface area contributed by atoms with Gasteiger partial charge in [0.25, 0.3) is 0 Å². The van der Waals surface area contributed by atoms with E-state index in [9.17, 15) is 0 Å². The zero-order valence-corrected chi connectivity index (χ0v) is 11.7. The third-order valence-corrected chi connectivity index (χ3v) is 3.43. The molecule has 1 N–H and O–H groups in total. The van der Waals surface area contributed by atoms with Gasteiger partial charge in [0, 0.05) is 24.1 Å². The quantitative estimate of drug-likeness (QED) is 0.778. The molecule has 0 aromatic heterocycles. The third kappa shape index (κ3) is 4.84. The van der Waals surface area contributed by atoms with Gasteiger partial charge in [-0.15, -0.1) is 0 Å². The molecule has 0 saturated carbocycles. The largest absolute Gasteiger partial charge is 0.381 e. The minimum atomic E-state index is 0.216. The Bertz CT molecular complexity index is 199. The van der Waals surface area contributed by atoms with Crippen molar-refractivity contribution in [2.45, 2.75) is 59.4 Å².